The highest BCUT2D eigenvalue weighted by Gasteiger charge is 2.84. The molecule has 0 bridgehead atoms. The number of furan rings is 1. The van der Waals surface area contributed by atoms with Crippen LogP contribution in [0.3, 0.4) is 0 Å². The SMILES string of the molecule is C#CCc1ccc(C2(C(=O)OC)C(C)(C)C2(C)C)o1. The molecule has 1 heterocycles. The van der Waals surface area contributed by atoms with Gasteiger partial charge in [0.25, 0.3) is 0 Å². The fraction of sp³-hybridized carbons (Fsp3) is 0.562. The van der Waals surface area contributed by atoms with E-state index in [1.54, 1.807) is 0 Å². The van der Waals surface area contributed by atoms with Crippen LogP contribution in [-0.2, 0) is 21.4 Å². The van der Waals surface area contributed by atoms with Crippen LogP contribution in [0.5, 0.6) is 0 Å². The number of carbonyl (C=O) groups excluding carboxylic acids is 1. The number of terminal acetylenes is 1. The maximum Gasteiger partial charge on any atom is 0.320 e. The largest absolute Gasteiger partial charge is 0.468 e. The summed E-state index contributed by atoms with van der Waals surface area (Å²) in [5.41, 5.74) is -1.18. The number of esters is 1. The average molecular weight is 260 g/mol. The molecule has 19 heavy (non-hydrogen) atoms. The van der Waals surface area contributed by atoms with E-state index in [1.165, 1.54) is 7.11 Å². The van der Waals surface area contributed by atoms with E-state index in [9.17, 15) is 4.79 Å². The molecule has 1 fully saturated rings. The molecule has 102 valence electrons. The summed E-state index contributed by atoms with van der Waals surface area (Å²) in [5, 5.41) is 0. The summed E-state index contributed by atoms with van der Waals surface area (Å²) in [6, 6.07) is 3.68. The van der Waals surface area contributed by atoms with Gasteiger partial charge in [0.05, 0.1) is 13.5 Å². The molecule has 0 amide bonds. The van der Waals surface area contributed by atoms with Crippen LogP contribution in [0.1, 0.15) is 39.2 Å². The van der Waals surface area contributed by atoms with Crippen LogP contribution in [-0.4, -0.2) is 13.1 Å². The van der Waals surface area contributed by atoms with Crippen molar-refractivity contribution in [1.29, 1.82) is 0 Å². The topological polar surface area (TPSA) is 39.4 Å². The van der Waals surface area contributed by atoms with Crippen molar-refractivity contribution in [2.75, 3.05) is 7.11 Å². The van der Waals surface area contributed by atoms with Gasteiger partial charge in [-0.15, -0.1) is 6.42 Å². The first-order valence-corrected chi connectivity index (χ1v) is 6.38. The van der Waals surface area contributed by atoms with Crippen molar-refractivity contribution < 1.29 is 13.9 Å². The first-order valence-electron chi connectivity index (χ1n) is 6.38. The lowest BCUT2D eigenvalue weighted by molar-refractivity contribution is -0.146. The van der Waals surface area contributed by atoms with E-state index in [-0.39, 0.29) is 16.8 Å². The third-order valence-electron chi connectivity index (χ3n) is 5.17. The van der Waals surface area contributed by atoms with Gasteiger partial charge < -0.3 is 9.15 Å². The molecule has 0 saturated heterocycles. The first-order chi connectivity index (χ1) is 8.77. The van der Waals surface area contributed by atoms with Crippen molar-refractivity contribution in [2.45, 2.75) is 39.5 Å². The molecule has 0 radical (unpaired) electrons. The molecule has 0 unspecified atom stereocenters. The van der Waals surface area contributed by atoms with Gasteiger partial charge in [-0.3, -0.25) is 4.79 Å². The summed E-state index contributed by atoms with van der Waals surface area (Å²) in [5.74, 6) is 3.66. The molecule has 0 atom stereocenters. The Hall–Kier alpha value is -1.69. The number of hydrogen-bond acceptors (Lipinski definition) is 3. The van der Waals surface area contributed by atoms with E-state index >= 15 is 0 Å². The van der Waals surface area contributed by atoms with Crippen LogP contribution in [0.15, 0.2) is 16.5 Å². The highest BCUT2D eigenvalue weighted by molar-refractivity contribution is 5.90. The summed E-state index contributed by atoms with van der Waals surface area (Å²) >= 11 is 0. The van der Waals surface area contributed by atoms with E-state index in [2.05, 4.69) is 33.6 Å². The molecule has 2 rings (SSSR count). The molecule has 0 aliphatic heterocycles. The van der Waals surface area contributed by atoms with Crippen LogP contribution in [0, 0.1) is 23.2 Å². The molecule has 1 saturated carbocycles. The minimum absolute atomic E-state index is 0.224. The number of rotatable bonds is 3. The van der Waals surface area contributed by atoms with Gasteiger partial charge in [-0.2, -0.15) is 0 Å². The molecule has 1 aromatic rings. The van der Waals surface area contributed by atoms with Crippen LogP contribution >= 0.6 is 0 Å². The molecule has 0 spiro atoms. The maximum atomic E-state index is 12.4. The molecule has 0 N–H and O–H groups in total. The predicted octanol–water partition coefficient (Wildman–Crippen LogP) is 2.93. The predicted molar refractivity (Wildman–Crippen MR) is 72.5 cm³/mol. The van der Waals surface area contributed by atoms with Crippen LogP contribution < -0.4 is 0 Å². The number of methoxy groups -OCH3 is 1. The standard InChI is InChI=1S/C16H20O3/c1-7-8-11-9-10-12(19-11)16(13(17)18-6)14(2,3)15(16,4)5/h1,9-10H,8H2,2-6H3. The van der Waals surface area contributed by atoms with Crippen molar-refractivity contribution in [2.24, 2.45) is 10.8 Å². The van der Waals surface area contributed by atoms with Gasteiger partial charge in [0.1, 0.15) is 16.9 Å². The summed E-state index contributed by atoms with van der Waals surface area (Å²) in [4.78, 5) is 12.4. The quantitative estimate of drug-likeness (QED) is 0.619. The zero-order valence-corrected chi connectivity index (χ0v) is 12.2. The molecular weight excluding hydrogens is 240 g/mol. The Balaban J connectivity index is 2.53. The minimum atomic E-state index is -0.735. The Morgan fingerprint density at radius 3 is 2.32 bits per heavy atom. The third kappa shape index (κ3) is 1.37. The maximum absolute atomic E-state index is 12.4. The van der Waals surface area contributed by atoms with Crippen molar-refractivity contribution in [3.8, 4) is 12.3 Å². The van der Waals surface area contributed by atoms with Gasteiger partial charge in [0, 0.05) is 0 Å². The van der Waals surface area contributed by atoms with Crippen molar-refractivity contribution >= 4 is 5.97 Å². The lowest BCUT2D eigenvalue weighted by Gasteiger charge is -2.16. The Bertz CT molecular complexity index is 541. The number of hydrogen-bond donors (Lipinski definition) is 0. The average Bonchev–Trinajstić information content (AvgIpc) is 2.70. The van der Waals surface area contributed by atoms with Crippen molar-refractivity contribution in [3.05, 3.63) is 23.7 Å². The van der Waals surface area contributed by atoms with Crippen LogP contribution in [0.4, 0.5) is 0 Å². The second-order valence-corrected chi connectivity index (χ2v) is 6.14. The highest BCUT2D eigenvalue weighted by atomic mass is 16.5. The summed E-state index contributed by atoms with van der Waals surface area (Å²) in [6.07, 6.45) is 5.71. The molecule has 3 nitrogen and oxygen atoms in total. The summed E-state index contributed by atoms with van der Waals surface area (Å²) in [7, 11) is 1.42. The van der Waals surface area contributed by atoms with E-state index in [4.69, 9.17) is 15.6 Å². The molecule has 3 heteroatoms. The van der Waals surface area contributed by atoms with Gasteiger partial charge in [-0.1, -0.05) is 33.6 Å². The molecule has 1 aromatic heterocycles. The zero-order valence-electron chi connectivity index (χ0n) is 12.2. The molecule has 0 aromatic carbocycles. The molecule has 1 aliphatic carbocycles. The molecule has 1 aliphatic rings. The van der Waals surface area contributed by atoms with Crippen LogP contribution in [0.2, 0.25) is 0 Å². The third-order valence-corrected chi connectivity index (χ3v) is 5.17. The van der Waals surface area contributed by atoms with Crippen molar-refractivity contribution in [3.63, 3.8) is 0 Å². The van der Waals surface area contributed by atoms with E-state index < -0.39 is 5.41 Å². The van der Waals surface area contributed by atoms with Crippen LogP contribution in [0.25, 0.3) is 0 Å². The number of ether oxygens (including phenoxy) is 1. The fourth-order valence-electron chi connectivity index (χ4n) is 3.47. The van der Waals surface area contributed by atoms with Crippen molar-refractivity contribution in [1.82, 2.24) is 0 Å². The smallest absolute Gasteiger partial charge is 0.320 e. The fourth-order valence-corrected chi connectivity index (χ4v) is 3.47. The van der Waals surface area contributed by atoms with E-state index in [0.29, 0.717) is 17.9 Å². The lowest BCUT2D eigenvalue weighted by atomic mass is 9.91. The first kappa shape index (κ1) is 13.7. The molecular formula is C16H20O3. The Morgan fingerprint density at radius 1 is 1.32 bits per heavy atom. The van der Waals surface area contributed by atoms with Gasteiger partial charge in [-0.05, 0) is 23.0 Å². The Labute approximate surface area is 114 Å². The summed E-state index contributed by atoms with van der Waals surface area (Å²) < 4.78 is 10.8. The summed E-state index contributed by atoms with van der Waals surface area (Å²) in [6.45, 7) is 8.25. The lowest BCUT2D eigenvalue weighted by Crippen LogP contribution is -2.29. The van der Waals surface area contributed by atoms with E-state index in [0.717, 1.165) is 0 Å². The number of carbonyl (C=O) groups is 1. The monoisotopic (exact) mass is 260 g/mol. The Kier molecular flexibility index (Phi) is 2.82. The second-order valence-electron chi connectivity index (χ2n) is 6.14. The van der Waals surface area contributed by atoms with Gasteiger partial charge in [0.15, 0.2) is 0 Å². The van der Waals surface area contributed by atoms with Gasteiger partial charge >= 0.3 is 5.97 Å². The minimum Gasteiger partial charge on any atom is -0.468 e. The Morgan fingerprint density at radius 2 is 1.89 bits per heavy atom. The van der Waals surface area contributed by atoms with E-state index in [1.807, 2.05) is 12.1 Å². The van der Waals surface area contributed by atoms with Gasteiger partial charge in [-0.25, -0.2) is 0 Å². The zero-order chi connectivity index (χ0) is 14.5. The highest BCUT2D eigenvalue weighted by Crippen LogP contribution is 2.78. The normalized spacial score (nSPS) is 21.5. The second kappa shape index (κ2) is 3.90. The van der Waals surface area contributed by atoms with Gasteiger partial charge in [0.2, 0.25) is 0 Å².